The van der Waals surface area contributed by atoms with Gasteiger partial charge in [-0.05, 0) is 12.8 Å². The molecule has 0 aliphatic carbocycles. The summed E-state index contributed by atoms with van der Waals surface area (Å²) in [6, 6.07) is 0. The Morgan fingerprint density at radius 1 is 1.17 bits per heavy atom. The molecule has 1 N–H and O–H groups in total. The van der Waals surface area contributed by atoms with Crippen molar-refractivity contribution in [3.8, 4) is 0 Å². The smallest absolute Gasteiger partial charge is 0.415 e. The fourth-order valence-electron chi connectivity index (χ4n) is 2.39. The Bertz CT molecular complexity index is 559. The Balaban J connectivity index is 3.20. The molecule has 0 amide bonds. The maximum atomic E-state index is 13.1. The fraction of sp³-hybridized carbons (Fsp3) is 0.846. The first-order chi connectivity index (χ1) is 10.2. The summed E-state index contributed by atoms with van der Waals surface area (Å²) in [7, 11) is -4.39. The molecule has 1 saturated heterocycles. The number of alkyl halides is 5. The molecular weight excluding hydrogens is 345 g/mol. The van der Waals surface area contributed by atoms with Gasteiger partial charge in [0, 0.05) is 25.9 Å². The molecule has 1 aliphatic heterocycles. The third-order valence-electron chi connectivity index (χ3n) is 3.82. The van der Waals surface area contributed by atoms with Gasteiger partial charge in [-0.15, -0.1) is 0 Å². The van der Waals surface area contributed by atoms with E-state index in [2.05, 4.69) is 0 Å². The fourth-order valence-corrected chi connectivity index (χ4v) is 4.55. The second-order valence-electron chi connectivity index (χ2n) is 5.97. The summed E-state index contributed by atoms with van der Waals surface area (Å²) in [5.41, 5.74) is -1.40. The van der Waals surface area contributed by atoms with Crippen LogP contribution in [0.25, 0.3) is 0 Å². The molecule has 0 spiro atoms. The Hall–Kier alpha value is -0.900. The molecule has 1 heterocycles. The molecule has 0 aromatic carbocycles. The molecule has 1 unspecified atom stereocenters. The first-order valence-electron chi connectivity index (χ1n) is 7.04. The molecule has 10 heteroatoms. The van der Waals surface area contributed by atoms with E-state index in [1.54, 1.807) is 0 Å². The zero-order chi connectivity index (χ0) is 18.2. The van der Waals surface area contributed by atoms with Crippen molar-refractivity contribution in [2.24, 2.45) is 5.92 Å². The molecule has 4 nitrogen and oxygen atoms in total. The van der Waals surface area contributed by atoms with Gasteiger partial charge in [-0.25, -0.2) is 21.5 Å². The van der Waals surface area contributed by atoms with Crippen LogP contribution in [0, 0.1) is 5.92 Å². The second-order valence-corrected chi connectivity index (χ2v) is 8.03. The molecule has 1 rings (SSSR count). The SMILES string of the molecule is C/C(=C(/O)C(C(C)C)S(=O)(=O)N1CCC(F)(F)CC1)C(F)(F)F. The lowest BCUT2D eigenvalue weighted by Gasteiger charge is -2.34. The van der Waals surface area contributed by atoms with Crippen LogP contribution in [-0.2, 0) is 10.0 Å². The lowest BCUT2D eigenvalue weighted by atomic mass is 10.1. The van der Waals surface area contributed by atoms with E-state index in [1.807, 2.05) is 0 Å². The number of piperidine rings is 1. The van der Waals surface area contributed by atoms with Gasteiger partial charge in [-0.1, -0.05) is 13.8 Å². The van der Waals surface area contributed by atoms with E-state index in [0.29, 0.717) is 6.92 Å². The Morgan fingerprint density at radius 3 is 1.96 bits per heavy atom. The Kier molecular flexibility index (Phi) is 5.73. The topological polar surface area (TPSA) is 57.6 Å². The van der Waals surface area contributed by atoms with E-state index >= 15 is 0 Å². The number of halogens is 5. The van der Waals surface area contributed by atoms with E-state index < -0.39 is 70.6 Å². The number of allylic oxidation sites excluding steroid dienone is 1. The standard InChI is InChI=1S/C13H20F5NO3S/c1-8(2)11(10(20)9(3)13(16,17)18)23(21,22)19-6-4-12(14,15)5-7-19/h8,11,20H,4-7H2,1-3H3/b10-9-. The monoisotopic (exact) mass is 365 g/mol. The van der Waals surface area contributed by atoms with Crippen molar-refractivity contribution in [3.63, 3.8) is 0 Å². The van der Waals surface area contributed by atoms with Gasteiger partial charge < -0.3 is 5.11 Å². The lowest BCUT2D eigenvalue weighted by Crippen LogP contribution is -2.48. The number of nitrogens with zero attached hydrogens (tertiary/aromatic N) is 1. The number of aliphatic hydroxyl groups is 1. The summed E-state index contributed by atoms with van der Waals surface area (Å²) in [6.07, 6.45) is -6.26. The first kappa shape index (κ1) is 20.1. The molecule has 136 valence electrons. The van der Waals surface area contributed by atoms with Crippen molar-refractivity contribution < 1.29 is 35.5 Å². The van der Waals surface area contributed by atoms with Gasteiger partial charge in [0.2, 0.25) is 10.0 Å². The zero-order valence-electron chi connectivity index (χ0n) is 13.0. The van der Waals surface area contributed by atoms with Gasteiger partial charge in [-0.3, -0.25) is 0 Å². The van der Waals surface area contributed by atoms with Crippen LogP contribution in [-0.4, -0.2) is 48.3 Å². The van der Waals surface area contributed by atoms with Gasteiger partial charge >= 0.3 is 6.18 Å². The highest BCUT2D eigenvalue weighted by Gasteiger charge is 2.45. The van der Waals surface area contributed by atoms with Crippen LogP contribution in [0.4, 0.5) is 22.0 Å². The minimum atomic E-state index is -4.87. The number of hydrogen-bond donors (Lipinski definition) is 1. The summed E-state index contributed by atoms with van der Waals surface area (Å²) < 4.78 is 90.3. The Labute approximate surface area is 132 Å². The Morgan fingerprint density at radius 2 is 1.61 bits per heavy atom. The summed E-state index contributed by atoms with van der Waals surface area (Å²) in [6.45, 7) is 2.31. The van der Waals surface area contributed by atoms with Crippen molar-refractivity contribution in [1.82, 2.24) is 4.31 Å². The minimum Gasteiger partial charge on any atom is -0.511 e. The van der Waals surface area contributed by atoms with Gasteiger partial charge in [0.05, 0.1) is 5.57 Å². The number of sulfonamides is 1. The predicted molar refractivity (Wildman–Crippen MR) is 74.7 cm³/mol. The predicted octanol–water partition coefficient (Wildman–Crippen LogP) is 3.47. The van der Waals surface area contributed by atoms with Gasteiger partial charge in [0.1, 0.15) is 11.0 Å². The average molecular weight is 365 g/mol. The van der Waals surface area contributed by atoms with Crippen LogP contribution < -0.4 is 0 Å². The third kappa shape index (κ3) is 4.56. The van der Waals surface area contributed by atoms with Crippen molar-refractivity contribution in [3.05, 3.63) is 11.3 Å². The van der Waals surface area contributed by atoms with Crippen LogP contribution in [0.3, 0.4) is 0 Å². The molecule has 1 fully saturated rings. The third-order valence-corrected chi connectivity index (χ3v) is 6.31. The summed E-state index contributed by atoms with van der Waals surface area (Å²) in [5, 5.41) is 8.03. The van der Waals surface area contributed by atoms with Crippen LogP contribution >= 0.6 is 0 Å². The van der Waals surface area contributed by atoms with Crippen molar-refractivity contribution in [2.45, 2.75) is 51.0 Å². The van der Waals surface area contributed by atoms with Crippen LogP contribution in [0.5, 0.6) is 0 Å². The number of rotatable bonds is 4. The molecule has 0 aromatic rings. The second kappa shape index (κ2) is 6.54. The summed E-state index contributed by atoms with van der Waals surface area (Å²) in [4.78, 5) is 0. The van der Waals surface area contributed by atoms with Crippen LogP contribution in [0.1, 0.15) is 33.6 Å². The minimum absolute atomic E-state index is 0.489. The van der Waals surface area contributed by atoms with E-state index in [-0.39, 0.29) is 0 Å². The van der Waals surface area contributed by atoms with E-state index in [1.165, 1.54) is 13.8 Å². The maximum Gasteiger partial charge on any atom is 0.415 e. The molecule has 0 bridgehead atoms. The molecule has 0 saturated carbocycles. The first-order valence-corrected chi connectivity index (χ1v) is 8.54. The molecule has 0 aromatic heterocycles. The molecule has 1 atom stereocenters. The maximum absolute atomic E-state index is 13.1. The lowest BCUT2D eigenvalue weighted by molar-refractivity contribution is -0.0943. The van der Waals surface area contributed by atoms with Crippen LogP contribution in [0.2, 0.25) is 0 Å². The van der Waals surface area contributed by atoms with E-state index in [4.69, 9.17) is 0 Å². The van der Waals surface area contributed by atoms with Crippen LogP contribution in [0.15, 0.2) is 11.3 Å². The van der Waals surface area contributed by atoms with Crippen molar-refractivity contribution in [1.29, 1.82) is 0 Å². The van der Waals surface area contributed by atoms with Gasteiger partial charge in [-0.2, -0.15) is 13.2 Å². The average Bonchev–Trinajstić information content (AvgIpc) is 2.35. The molecule has 0 radical (unpaired) electrons. The zero-order valence-corrected chi connectivity index (χ0v) is 13.8. The van der Waals surface area contributed by atoms with Gasteiger partial charge in [0.25, 0.3) is 5.92 Å². The highest BCUT2D eigenvalue weighted by atomic mass is 32.2. The highest BCUT2D eigenvalue weighted by Crippen LogP contribution is 2.35. The van der Waals surface area contributed by atoms with Crippen molar-refractivity contribution >= 4 is 10.0 Å². The van der Waals surface area contributed by atoms with E-state index in [9.17, 15) is 35.5 Å². The molecular formula is C13H20F5NO3S. The summed E-state index contributed by atoms with van der Waals surface area (Å²) >= 11 is 0. The molecule has 1 aliphatic rings. The normalized spacial score (nSPS) is 22.8. The quantitative estimate of drug-likeness (QED) is 0.613. The van der Waals surface area contributed by atoms with E-state index in [0.717, 1.165) is 4.31 Å². The van der Waals surface area contributed by atoms with Gasteiger partial charge in [0.15, 0.2) is 0 Å². The van der Waals surface area contributed by atoms with Crippen molar-refractivity contribution in [2.75, 3.05) is 13.1 Å². The number of hydrogen-bond acceptors (Lipinski definition) is 3. The number of aliphatic hydroxyl groups excluding tert-OH is 1. The molecule has 23 heavy (non-hydrogen) atoms. The largest absolute Gasteiger partial charge is 0.511 e. The summed E-state index contributed by atoms with van der Waals surface area (Å²) in [5.74, 6) is -5.14. The highest BCUT2D eigenvalue weighted by molar-refractivity contribution is 7.90.